The van der Waals surface area contributed by atoms with Crippen molar-refractivity contribution in [3.63, 3.8) is 0 Å². The summed E-state index contributed by atoms with van der Waals surface area (Å²) in [4.78, 5) is 16.6. The Balaban J connectivity index is 1.94. The SMILES string of the molecule is CCCOc1ccc(C(=O)Nc2cc(C(F)(F)F)ccc2-n2cncn2)cc1OCC. The Hall–Kier alpha value is -3.56. The van der Waals surface area contributed by atoms with E-state index in [1.807, 2.05) is 6.92 Å². The molecule has 0 saturated carbocycles. The van der Waals surface area contributed by atoms with Gasteiger partial charge in [0.15, 0.2) is 11.5 Å². The zero-order valence-electron chi connectivity index (χ0n) is 16.9. The fourth-order valence-electron chi connectivity index (χ4n) is 2.79. The molecule has 1 amide bonds. The Kier molecular flexibility index (Phi) is 6.78. The summed E-state index contributed by atoms with van der Waals surface area (Å²) >= 11 is 0. The van der Waals surface area contributed by atoms with Gasteiger partial charge in [0, 0.05) is 5.56 Å². The average molecular weight is 434 g/mol. The van der Waals surface area contributed by atoms with Gasteiger partial charge in [-0.25, -0.2) is 9.67 Å². The molecule has 3 rings (SSSR count). The number of anilines is 1. The molecule has 0 spiro atoms. The van der Waals surface area contributed by atoms with Crippen LogP contribution in [0.5, 0.6) is 11.5 Å². The van der Waals surface area contributed by atoms with E-state index in [1.54, 1.807) is 13.0 Å². The minimum Gasteiger partial charge on any atom is -0.490 e. The van der Waals surface area contributed by atoms with Crippen LogP contribution in [0.4, 0.5) is 18.9 Å². The third kappa shape index (κ3) is 5.33. The second-order valence-electron chi connectivity index (χ2n) is 6.47. The van der Waals surface area contributed by atoms with Crippen LogP contribution in [0.3, 0.4) is 0 Å². The predicted molar refractivity (Wildman–Crippen MR) is 108 cm³/mol. The normalized spacial score (nSPS) is 11.3. The molecule has 164 valence electrons. The highest BCUT2D eigenvalue weighted by atomic mass is 19.4. The lowest BCUT2D eigenvalue weighted by Crippen LogP contribution is -2.16. The Morgan fingerprint density at radius 2 is 1.90 bits per heavy atom. The van der Waals surface area contributed by atoms with Crippen molar-refractivity contribution in [2.75, 3.05) is 18.5 Å². The maximum Gasteiger partial charge on any atom is 0.416 e. The second kappa shape index (κ2) is 9.50. The molecule has 0 fully saturated rings. The van der Waals surface area contributed by atoms with Gasteiger partial charge in [0.05, 0.1) is 30.2 Å². The molecule has 2 aromatic carbocycles. The number of carbonyl (C=O) groups excluding carboxylic acids is 1. The highest BCUT2D eigenvalue weighted by Gasteiger charge is 2.31. The largest absolute Gasteiger partial charge is 0.490 e. The zero-order chi connectivity index (χ0) is 22.4. The van der Waals surface area contributed by atoms with Crippen molar-refractivity contribution >= 4 is 11.6 Å². The maximum absolute atomic E-state index is 13.2. The number of rotatable bonds is 8. The van der Waals surface area contributed by atoms with E-state index < -0.39 is 17.6 Å². The van der Waals surface area contributed by atoms with Gasteiger partial charge in [0.1, 0.15) is 12.7 Å². The number of benzene rings is 2. The highest BCUT2D eigenvalue weighted by Crippen LogP contribution is 2.34. The van der Waals surface area contributed by atoms with Gasteiger partial charge < -0.3 is 14.8 Å². The van der Waals surface area contributed by atoms with E-state index in [2.05, 4.69) is 15.4 Å². The fourth-order valence-corrected chi connectivity index (χ4v) is 2.79. The van der Waals surface area contributed by atoms with Gasteiger partial charge in [0.2, 0.25) is 0 Å². The summed E-state index contributed by atoms with van der Waals surface area (Å²) in [6, 6.07) is 7.61. The molecule has 1 aromatic heterocycles. The summed E-state index contributed by atoms with van der Waals surface area (Å²) < 4.78 is 52.1. The summed E-state index contributed by atoms with van der Waals surface area (Å²) in [5.41, 5.74) is -0.513. The van der Waals surface area contributed by atoms with Crippen LogP contribution in [0.1, 0.15) is 36.2 Å². The standard InChI is InChI=1S/C21H21F3N4O3/c1-3-9-31-18-8-5-14(10-19(18)30-4-2)20(29)27-16-11-15(21(22,23)24)6-7-17(16)28-13-25-12-26-28/h5-8,10-13H,3-4,9H2,1-2H3,(H,27,29). The van der Waals surface area contributed by atoms with Gasteiger partial charge >= 0.3 is 6.18 Å². The molecular weight excluding hydrogens is 413 g/mol. The van der Waals surface area contributed by atoms with Crippen LogP contribution in [0.2, 0.25) is 0 Å². The average Bonchev–Trinajstić information content (AvgIpc) is 3.27. The minimum atomic E-state index is -4.57. The highest BCUT2D eigenvalue weighted by molar-refractivity contribution is 6.05. The third-order valence-corrected chi connectivity index (χ3v) is 4.21. The Bertz CT molecular complexity index is 1040. The monoisotopic (exact) mass is 434 g/mol. The molecule has 0 atom stereocenters. The van der Waals surface area contributed by atoms with Crippen molar-refractivity contribution in [2.24, 2.45) is 0 Å². The van der Waals surface area contributed by atoms with Gasteiger partial charge in [-0.3, -0.25) is 4.79 Å². The van der Waals surface area contributed by atoms with Crippen LogP contribution in [-0.4, -0.2) is 33.9 Å². The van der Waals surface area contributed by atoms with Crippen LogP contribution >= 0.6 is 0 Å². The molecule has 31 heavy (non-hydrogen) atoms. The van der Waals surface area contributed by atoms with E-state index in [0.717, 1.165) is 18.6 Å². The molecule has 1 heterocycles. The van der Waals surface area contributed by atoms with Crippen molar-refractivity contribution in [3.8, 4) is 17.2 Å². The lowest BCUT2D eigenvalue weighted by Gasteiger charge is -2.16. The third-order valence-electron chi connectivity index (χ3n) is 4.21. The molecule has 10 heteroatoms. The van der Waals surface area contributed by atoms with Crippen LogP contribution < -0.4 is 14.8 Å². The number of hydrogen-bond donors (Lipinski definition) is 1. The van der Waals surface area contributed by atoms with Crippen LogP contribution in [0.15, 0.2) is 49.1 Å². The van der Waals surface area contributed by atoms with Gasteiger partial charge in [-0.1, -0.05) is 6.92 Å². The molecule has 0 aliphatic heterocycles. The molecule has 0 unspecified atom stereocenters. The zero-order valence-corrected chi connectivity index (χ0v) is 16.9. The van der Waals surface area contributed by atoms with Crippen molar-refractivity contribution in [2.45, 2.75) is 26.4 Å². The molecule has 7 nitrogen and oxygen atoms in total. The number of alkyl halides is 3. The number of aromatic nitrogens is 3. The number of nitrogens with zero attached hydrogens (tertiary/aromatic N) is 3. The summed E-state index contributed by atoms with van der Waals surface area (Å²) in [5, 5.41) is 6.47. The van der Waals surface area contributed by atoms with Gasteiger partial charge in [-0.15, -0.1) is 0 Å². The first-order chi connectivity index (χ1) is 14.8. The van der Waals surface area contributed by atoms with Gasteiger partial charge in [0.25, 0.3) is 5.91 Å². The van der Waals surface area contributed by atoms with Crippen LogP contribution in [0, 0.1) is 0 Å². The number of nitrogens with one attached hydrogen (secondary N) is 1. The van der Waals surface area contributed by atoms with Crippen LogP contribution in [-0.2, 0) is 6.18 Å². The molecule has 3 aromatic rings. The first-order valence-electron chi connectivity index (χ1n) is 9.60. The quantitative estimate of drug-likeness (QED) is 0.555. The minimum absolute atomic E-state index is 0.0606. The Morgan fingerprint density at radius 1 is 1.10 bits per heavy atom. The van der Waals surface area contributed by atoms with Crippen molar-refractivity contribution in [1.82, 2.24) is 14.8 Å². The number of carbonyl (C=O) groups is 1. The van der Waals surface area contributed by atoms with E-state index in [4.69, 9.17) is 9.47 Å². The fraction of sp³-hybridized carbons (Fsp3) is 0.286. The number of ether oxygens (including phenoxy) is 2. The number of amides is 1. The summed E-state index contributed by atoms with van der Waals surface area (Å²) in [6.07, 6.45) is -1.20. The lowest BCUT2D eigenvalue weighted by molar-refractivity contribution is -0.137. The first-order valence-corrected chi connectivity index (χ1v) is 9.60. The molecular formula is C21H21F3N4O3. The topological polar surface area (TPSA) is 78.3 Å². The van der Waals surface area contributed by atoms with Gasteiger partial charge in [-0.2, -0.15) is 18.3 Å². The van der Waals surface area contributed by atoms with E-state index in [9.17, 15) is 18.0 Å². The predicted octanol–water partition coefficient (Wildman–Crippen LogP) is 4.73. The summed E-state index contributed by atoms with van der Waals surface area (Å²) in [7, 11) is 0. The molecule has 0 radical (unpaired) electrons. The lowest BCUT2D eigenvalue weighted by atomic mass is 10.1. The second-order valence-corrected chi connectivity index (χ2v) is 6.47. The summed E-state index contributed by atoms with van der Waals surface area (Å²) in [6.45, 7) is 4.60. The molecule has 0 bridgehead atoms. The summed E-state index contributed by atoms with van der Waals surface area (Å²) in [5.74, 6) is 0.260. The molecule has 0 saturated heterocycles. The van der Waals surface area contributed by atoms with E-state index in [-0.39, 0.29) is 16.9 Å². The molecule has 0 aliphatic rings. The smallest absolute Gasteiger partial charge is 0.416 e. The molecule has 0 aliphatic carbocycles. The number of halogens is 3. The number of hydrogen-bond acceptors (Lipinski definition) is 5. The van der Waals surface area contributed by atoms with Crippen molar-refractivity contribution in [1.29, 1.82) is 0 Å². The Labute approximate surface area is 176 Å². The van der Waals surface area contributed by atoms with Crippen LogP contribution in [0.25, 0.3) is 5.69 Å². The van der Waals surface area contributed by atoms with E-state index in [1.165, 1.54) is 35.5 Å². The maximum atomic E-state index is 13.2. The first kappa shape index (κ1) is 22.1. The van der Waals surface area contributed by atoms with E-state index in [0.29, 0.717) is 24.7 Å². The van der Waals surface area contributed by atoms with Crippen molar-refractivity contribution < 1.29 is 27.4 Å². The Morgan fingerprint density at radius 3 is 2.55 bits per heavy atom. The van der Waals surface area contributed by atoms with Gasteiger partial charge in [-0.05, 0) is 49.7 Å². The van der Waals surface area contributed by atoms with Crippen molar-refractivity contribution in [3.05, 3.63) is 60.2 Å². The van der Waals surface area contributed by atoms with E-state index >= 15 is 0 Å². The molecule has 1 N–H and O–H groups in total.